The van der Waals surface area contributed by atoms with Gasteiger partial charge < -0.3 is 15.1 Å². The Morgan fingerprint density at radius 3 is 1.88 bits per heavy atom. The second-order valence-corrected chi connectivity index (χ2v) is 8.67. The third-order valence-electron chi connectivity index (χ3n) is 5.28. The van der Waals surface area contributed by atoms with Gasteiger partial charge in [0.15, 0.2) is 3.77 Å². The van der Waals surface area contributed by atoms with E-state index in [9.17, 15) is 9.59 Å². The lowest BCUT2D eigenvalue weighted by molar-refractivity contribution is -0.117. The Hall–Kier alpha value is -3.65. The lowest BCUT2D eigenvalue weighted by Crippen LogP contribution is -2.37. The molecule has 4 aromatic rings. The van der Waals surface area contributed by atoms with Crippen molar-refractivity contribution in [3.63, 3.8) is 0 Å². The van der Waals surface area contributed by atoms with Crippen LogP contribution in [-0.4, -0.2) is 18.4 Å². The van der Waals surface area contributed by atoms with Crippen molar-refractivity contribution in [3.05, 3.63) is 135 Å². The number of benzene rings is 3. The highest BCUT2D eigenvalue weighted by Crippen LogP contribution is 2.24. The van der Waals surface area contributed by atoms with Crippen LogP contribution in [0.1, 0.15) is 33.2 Å². The molecule has 0 fully saturated rings. The molecule has 3 aromatic carbocycles. The fourth-order valence-corrected chi connectivity index (χ4v) is 4.01. The minimum absolute atomic E-state index is 0.0398. The summed E-state index contributed by atoms with van der Waals surface area (Å²) >= 11 is 2.05. The van der Waals surface area contributed by atoms with Gasteiger partial charge in [-0.1, -0.05) is 78.9 Å². The summed E-state index contributed by atoms with van der Waals surface area (Å²) < 4.78 is 6.28. The number of furan rings is 1. The van der Waals surface area contributed by atoms with Gasteiger partial charge in [-0.3, -0.25) is 9.59 Å². The molecule has 0 saturated carbocycles. The molecule has 0 aliphatic rings. The highest BCUT2D eigenvalue weighted by atomic mass is 127. The normalized spacial score (nSPS) is 11.3. The predicted molar refractivity (Wildman–Crippen MR) is 141 cm³/mol. The molecule has 1 heterocycles. The van der Waals surface area contributed by atoms with Gasteiger partial charge in [-0.05, 0) is 58.0 Å². The third-order valence-corrected chi connectivity index (χ3v) is 5.86. The second kappa shape index (κ2) is 11.5. The Morgan fingerprint density at radius 1 is 0.794 bits per heavy atom. The molecule has 5 nitrogen and oxygen atoms in total. The summed E-state index contributed by atoms with van der Waals surface area (Å²) in [6.07, 6.45) is 1.54. The van der Waals surface area contributed by atoms with E-state index in [0.29, 0.717) is 21.6 Å². The monoisotopic (exact) mass is 562 g/mol. The van der Waals surface area contributed by atoms with Crippen LogP contribution in [0.4, 0.5) is 0 Å². The molecule has 170 valence electrons. The minimum atomic E-state index is -0.396. The van der Waals surface area contributed by atoms with Crippen LogP contribution in [0, 0.1) is 3.77 Å². The van der Waals surface area contributed by atoms with Gasteiger partial charge in [0.25, 0.3) is 11.8 Å². The van der Waals surface area contributed by atoms with Crippen LogP contribution >= 0.6 is 22.6 Å². The van der Waals surface area contributed by atoms with E-state index in [1.165, 1.54) is 0 Å². The average Bonchev–Trinajstić information content (AvgIpc) is 3.30. The molecule has 0 atom stereocenters. The number of nitrogens with one attached hydrogen (secondary N) is 2. The first-order valence-electron chi connectivity index (χ1n) is 10.8. The summed E-state index contributed by atoms with van der Waals surface area (Å²) in [5.41, 5.74) is 2.75. The van der Waals surface area contributed by atoms with Crippen LogP contribution < -0.4 is 10.6 Å². The largest absolute Gasteiger partial charge is 0.451 e. The zero-order valence-electron chi connectivity index (χ0n) is 18.3. The average molecular weight is 562 g/mol. The predicted octanol–water partition coefficient (Wildman–Crippen LogP) is 5.60. The quantitative estimate of drug-likeness (QED) is 0.217. The zero-order chi connectivity index (χ0) is 23.8. The highest BCUT2D eigenvalue weighted by molar-refractivity contribution is 14.1. The van der Waals surface area contributed by atoms with Gasteiger partial charge in [0.05, 0.1) is 0 Å². The van der Waals surface area contributed by atoms with E-state index in [0.717, 1.165) is 11.1 Å². The Balaban J connectivity index is 1.56. The number of carbonyl (C=O) groups excluding carboxylic acids is 2. The smallest absolute Gasteiger partial charge is 0.267 e. The third kappa shape index (κ3) is 6.23. The molecule has 2 N–H and O–H groups in total. The van der Waals surface area contributed by atoms with Crippen molar-refractivity contribution in [1.29, 1.82) is 0 Å². The molecule has 34 heavy (non-hydrogen) atoms. The van der Waals surface area contributed by atoms with Gasteiger partial charge >= 0.3 is 0 Å². The summed E-state index contributed by atoms with van der Waals surface area (Å²) in [7, 11) is 0. The molecular formula is C28H23IN2O3. The fourth-order valence-electron chi connectivity index (χ4n) is 3.58. The van der Waals surface area contributed by atoms with E-state index < -0.39 is 5.91 Å². The van der Waals surface area contributed by atoms with E-state index in [1.807, 2.05) is 66.7 Å². The van der Waals surface area contributed by atoms with Crippen molar-refractivity contribution < 1.29 is 14.0 Å². The Labute approximate surface area is 212 Å². The minimum Gasteiger partial charge on any atom is -0.451 e. The van der Waals surface area contributed by atoms with Crippen molar-refractivity contribution >= 4 is 40.5 Å². The van der Waals surface area contributed by atoms with Crippen molar-refractivity contribution in [2.45, 2.75) is 5.92 Å². The standard InChI is InChI=1S/C28H23IN2O3/c29-26-17-16-23(34-26)18-25(31-27(32)22-14-8-3-9-15-22)28(33)30-19-24(20-10-4-1-5-11-20)21-12-6-2-7-13-21/h1-18,24H,19H2,(H,30,33)(H,31,32)/b25-18+. The molecule has 1 aromatic heterocycles. The van der Waals surface area contributed by atoms with E-state index in [1.54, 1.807) is 42.5 Å². The molecule has 0 unspecified atom stereocenters. The molecule has 0 saturated heterocycles. The number of rotatable bonds is 8. The lowest BCUT2D eigenvalue weighted by atomic mass is 9.91. The fraction of sp³-hybridized carbons (Fsp3) is 0.0714. The number of hydrogen-bond acceptors (Lipinski definition) is 3. The van der Waals surface area contributed by atoms with Gasteiger partial charge in [0.1, 0.15) is 11.5 Å². The van der Waals surface area contributed by atoms with Crippen molar-refractivity contribution in [1.82, 2.24) is 10.6 Å². The first kappa shape index (κ1) is 23.5. The molecule has 4 rings (SSSR count). The summed E-state index contributed by atoms with van der Waals surface area (Å²) in [6, 6.07) is 32.4. The number of amides is 2. The van der Waals surface area contributed by atoms with Crippen LogP contribution in [-0.2, 0) is 4.79 Å². The Kier molecular flexibility index (Phi) is 7.93. The van der Waals surface area contributed by atoms with Crippen LogP contribution in [0.2, 0.25) is 0 Å². The molecule has 0 radical (unpaired) electrons. The van der Waals surface area contributed by atoms with E-state index in [-0.39, 0.29) is 17.5 Å². The second-order valence-electron chi connectivity index (χ2n) is 7.60. The van der Waals surface area contributed by atoms with E-state index in [4.69, 9.17) is 4.42 Å². The summed E-state index contributed by atoms with van der Waals surface area (Å²) in [6.45, 7) is 0.362. The summed E-state index contributed by atoms with van der Waals surface area (Å²) in [5.74, 6) is -0.328. The maximum Gasteiger partial charge on any atom is 0.267 e. The topological polar surface area (TPSA) is 71.3 Å². The number of hydrogen-bond donors (Lipinski definition) is 2. The van der Waals surface area contributed by atoms with Crippen molar-refractivity contribution in [3.8, 4) is 0 Å². The molecule has 2 amide bonds. The van der Waals surface area contributed by atoms with Gasteiger partial charge in [-0.2, -0.15) is 0 Å². The van der Waals surface area contributed by atoms with Crippen molar-refractivity contribution in [2.24, 2.45) is 0 Å². The molecule has 0 aliphatic heterocycles. The molecule has 0 aliphatic carbocycles. The Bertz CT molecular complexity index is 1230. The van der Waals surface area contributed by atoms with Crippen LogP contribution in [0.25, 0.3) is 6.08 Å². The highest BCUT2D eigenvalue weighted by Gasteiger charge is 2.19. The maximum atomic E-state index is 13.3. The van der Waals surface area contributed by atoms with Crippen LogP contribution in [0.15, 0.2) is 113 Å². The molecule has 6 heteroatoms. The Morgan fingerprint density at radius 2 is 1.35 bits per heavy atom. The summed E-state index contributed by atoms with van der Waals surface area (Å²) in [4.78, 5) is 26.0. The first-order chi connectivity index (χ1) is 16.6. The molecule has 0 bridgehead atoms. The first-order valence-corrected chi connectivity index (χ1v) is 11.9. The maximum absolute atomic E-state index is 13.3. The number of carbonyl (C=O) groups is 2. The zero-order valence-corrected chi connectivity index (χ0v) is 20.4. The lowest BCUT2D eigenvalue weighted by Gasteiger charge is -2.19. The SMILES string of the molecule is O=C(NCC(c1ccccc1)c1ccccc1)/C(=C\c1ccc(I)o1)NC(=O)c1ccccc1. The van der Waals surface area contributed by atoms with Crippen LogP contribution in [0.5, 0.6) is 0 Å². The van der Waals surface area contributed by atoms with Crippen LogP contribution in [0.3, 0.4) is 0 Å². The number of halogens is 1. The van der Waals surface area contributed by atoms with Crippen molar-refractivity contribution in [2.75, 3.05) is 6.54 Å². The van der Waals surface area contributed by atoms with Gasteiger partial charge in [0.2, 0.25) is 0 Å². The van der Waals surface area contributed by atoms with E-state index in [2.05, 4.69) is 33.2 Å². The van der Waals surface area contributed by atoms with Gasteiger partial charge in [-0.15, -0.1) is 0 Å². The molecular weight excluding hydrogens is 539 g/mol. The van der Waals surface area contributed by atoms with E-state index >= 15 is 0 Å². The van der Waals surface area contributed by atoms with Gasteiger partial charge in [0, 0.05) is 24.1 Å². The molecule has 0 spiro atoms. The summed E-state index contributed by atoms with van der Waals surface area (Å²) in [5, 5.41) is 5.74. The van der Waals surface area contributed by atoms with Gasteiger partial charge in [-0.25, -0.2) is 0 Å².